The van der Waals surface area contributed by atoms with E-state index in [1.807, 2.05) is 31.2 Å². The van der Waals surface area contributed by atoms with E-state index < -0.39 is 0 Å². The Morgan fingerprint density at radius 3 is 2.59 bits per heavy atom. The first-order valence-corrected chi connectivity index (χ1v) is 10.7. The van der Waals surface area contributed by atoms with Crippen molar-refractivity contribution in [2.45, 2.75) is 26.3 Å². The Morgan fingerprint density at radius 2 is 1.81 bits per heavy atom. The quantitative estimate of drug-likeness (QED) is 0.510. The lowest BCUT2D eigenvalue weighted by Gasteiger charge is -2.19. The summed E-state index contributed by atoms with van der Waals surface area (Å²) in [7, 11) is 1.70. The number of H-pyrrole nitrogens is 1. The second-order valence-corrected chi connectivity index (χ2v) is 8.15. The van der Waals surface area contributed by atoms with Gasteiger partial charge in [-0.05, 0) is 30.5 Å². The van der Waals surface area contributed by atoms with Crippen LogP contribution in [-0.2, 0) is 19.4 Å². The fourth-order valence-corrected chi connectivity index (χ4v) is 4.42. The van der Waals surface area contributed by atoms with E-state index in [9.17, 15) is 4.79 Å². The van der Waals surface area contributed by atoms with Gasteiger partial charge < -0.3 is 4.74 Å². The van der Waals surface area contributed by atoms with Crippen LogP contribution >= 0.6 is 12.4 Å². The molecule has 1 N–H and O–H groups in total. The van der Waals surface area contributed by atoms with E-state index >= 15 is 0 Å². The lowest BCUT2D eigenvalue weighted by atomic mass is 10.0. The number of methoxy groups -OCH3 is 1. The Hall–Kier alpha value is -3.09. The van der Waals surface area contributed by atoms with Gasteiger partial charge in [0, 0.05) is 48.9 Å². The molecule has 166 valence electrons. The van der Waals surface area contributed by atoms with E-state index in [-0.39, 0.29) is 18.0 Å². The lowest BCUT2D eigenvalue weighted by Crippen LogP contribution is -2.26. The number of aromatic amines is 1. The molecule has 0 spiro atoms. The van der Waals surface area contributed by atoms with Gasteiger partial charge in [-0.1, -0.05) is 42.5 Å². The van der Waals surface area contributed by atoms with Gasteiger partial charge in [-0.2, -0.15) is 0 Å². The number of aromatic nitrogens is 3. The highest BCUT2D eigenvalue weighted by Gasteiger charge is 2.20. The molecule has 0 fully saturated rings. The van der Waals surface area contributed by atoms with Gasteiger partial charge in [0.1, 0.15) is 5.75 Å². The van der Waals surface area contributed by atoms with Crippen LogP contribution in [0.1, 0.15) is 22.5 Å². The van der Waals surface area contributed by atoms with Gasteiger partial charge in [-0.15, -0.1) is 12.4 Å². The fraction of sp³-hybridized carbons (Fsp3) is 0.280. The molecule has 2 aromatic carbocycles. The third kappa shape index (κ3) is 4.16. The maximum atomic E-state index is 12.9. The Morgan fingerprint density at radius 1 is 1.06 bits per heavy atom. The highest BCUT2D eigenvalue weighted by Crippen LogP contribution is 2.29. The fourth-order valence-electron chi connectivity index (χ4n) is 4.42. The number of fused-ring (bicyclic) bond motifs is 2. The van der Waals surface area contributed by atoms with Gasteiger partial charge in [0.25, 0.3) is 5.56 Å². The number of hydrogen-bond acceptors (Lipinski definition) is 4. The van der Waals surface area contributed by atoms with Crippen molar-refractivity contribution < 1.29 is 4.74 Å². The maximum Gasteiger partial charge on any atom is 0.276 e. The average molecular weight is 451 g/mol. The molecule has 6 nitrogen and oxygen atoms in total. The zero-order valence-corrected chi connectivity index (χ0v) is 19.1. The zero-order chi connectivity index (χ0) is 21.4. The number of hydrogen-bond donors (Lipinski definition) is 1. The monoisotopic (exact) mass is 450 g/mol. The van der Waals surface area contributed by atoms with Crippen molar-refractivity contribution in [3.05, 3.63) is 87.5 Å². The number of nitrogens with one attached hydrogen (secondary N) is 1. The molecule has 0 unspecified atom stereocenters. The molecule has 0 saturated carbocycles. The topological polar surface area (TPSA) is 62.6 Å². The minimum Gasteiger partial charge on any atom is -0.496 e. The third-order valence-corrected chi connectivity index (χ3v) is 6.04. The number of ether oxygens (including phenoxy) is 1. The summed E-state index contributed by atoms with van der Waals surface area (Å²) < 4.78 is 7.06. The van der Waals surface area contributed by atoms with Gasteiger partial charge >= 0.3 is 0 Å². The van der Waals surface area contributed by atoms with Crippen LogP contribution in [0.15, 0.2) is 59.4 Å². The second-order valence-electron chi connectivity index (χ2n) is 8.15. The molecule has 4 aromatic rings. The molecular weight excluding hydrogens is 424 g/mol. The molecule has 2 aromatic heterocycles. The van der Waals surface area contributed by atoms with Gasteiger partial charge in [-0.3, -0.25) is 14.8 Å². The summed E-state index contributed by atoms with van der Waals surface area (Å²) >= 11 is 0. The summed E-state index contributed by atoms with van der Waals surface area (Å²) in [5, 5.41) is 3.09. The van der Waals surface area contributed by atoms with Crippen molar-refractivity contribution in [3.8, 4) is 16.9 Å². The van der Waals surface area contributed by atoms with Crippen LogP contribution < -0.4 is 10.3 Å². The predicted molar refractivity (Wildman–Crippen MR) is 129 cm³/mol. The van der Waals surface area contributed by atoms with Crippen LogP contribution in [0.25, 0.3) is 16.8 Å². The van der Waals surface area contributed by atoms with Crippen LogP contribution in [-0.4, -0.2) is 39.7 Å². The highest BCUT2D eigenvalue weighted by molar-refractivity contribution is 5.85. The second kappa shape index (κ2) is 9.18. The third-order valence-electron chi connectivity index (χ3n) is 6.04. The highest BCUT2D eigenvalue weighted by atomic mass is 35.5. The van der Waals surface area contributed by atoms with Gasteiger partial charge in [-0.25, -0.2) is 9.50 Å². The molecule has 32 heavy (non-hydrogen) atoms. The van der Waals surface area contributed by atoms with Crippen molar-refractivity contribution in [2.24, 2.45) is 0 Å². The number of halogens is 1. The summed E-state index contributed by atoms with van der Waals surface area (Å²) in [6, 6.07) is 18.7. The summed E-state index contributed by atoms with van der Waals surface area (Å²) in [6.07, 6.45) is 1.52. The van der Waals surface area contributed by atoms with Crippen molar-refractivity contribution in [1.29, 1.82) is 0 Å². The molecule has 3 heterocycles. The van der Waals surface area contributed by atoms with Gasteiger partial charge in [0.15, 0.2) is 5.65 Å². The van der Waals surface area contributed by atoms with Crippen LogP contribution in [0.4, 0.5) is 0 Å². The summed E-state index contributed by atoms with van der Waals surface area (Å²) in [5.74, 6) is 0.880. The molecule has 5 rings (SSSR count). The van der Waals surface area contributed by atoms with Gasteiger partial charge in [0.2, 0.25) is 0 Å². The maximum absolute atomic E-state index is 12.9. The van der Waals surface area contributed by atoms with E-state index in [2.05, 4.69) is 40.3 Å². The number of benzene rings is 2. The first-order chi connectivity index (χ1) is 15.1. The number of rotatable bonds is 4. The zero-order valence-electron chi connectivity index (χ0n) is 18.3. The number of para-hydroxylation sites is 1. The smallest absolute Gasteiger partial charge is 0.276 e. The van der Waals surface area contributed by atoms with Crippen LogP contribution in [0, 0.1) is 6.92 Å². The number of aryl methyl sites for hydroxylation is 1. The predicted octanol–water partition coefficient (Wildman–Crippen LogP) is 4.03. The Bertz CT molecular complexity index is 1290. The lowest BCUT2D eigenvalue weighted by molar-refractivity contribution is 0.279. The summed E-state index contributed by atoms with van der Waals surface area (Å²) in [6.45, 7) is 4.55. The molecule has 0 saturated heterocycles. The molecule has 0 atom stereocenters. The molecule has 0 amide bonds. The van der Waals surface area contributed by atoms with Crippen LogP contribution in [0.3, 0.4) is 0 Å². The summed E-state index contributed by atoms with van der Waals surface area (Å²) in [4.78, 5) is 20.1. The molecule has 0 bridgehead atoms. The van der Waals surface area contributed by atoms with E-state index in [0.717, 1.165) is 66.3 Å². The average Bonchev–Trinajstić information content (AvgIpc) is 3.05. The molecule has 0 radical (unpaired) electrons. The molecule has 1 aliphatic rings. The Kier molecular flexibility index (Phi) is 6.35. The van der Waals surface area contributed by atoms with E-state index in [1.165, 1.54) is 5.56 Å². The normalized spacial score (nSPS) is 13.9. The Balaban J connectivity index is 0.00000245. The van der Waals surface area contributed by atoms with E-state index in [0.29, 0.717) is 5.65 Å². The van der Waals surface area contributed by atoms with E-state index in [4.69, 9.17) is 9.72 Å². The largest absolute Gasteiger partial charge is 0.496 e. The molecule has 0 aliphatic carbocycles. The van der Waals surface area contributed by atoms with Crippen LogP contribution in [0.2, 0.25) is 0 Å². The minimum absolute atomic E-state index is 0. The molecular formula is C25H27ClN4O2. The first-order valence-electron chi connectivity index (χ1n) is 10.7. The van der Waals surface area contributed by atoms with Crippen molar-refractivity contribution in [1.82, 2.24) is 19.5 Å². The Labute approximate surface area is 193 Å². The van der Waals surface area contributed by atoms with Gasteiger partial charge in [0.05, 0.1) is 12.8 Å². The first kappa shape index (κ1) is 22.1. The minimum atomic E-state index is 0. The molecule has 1 aliphatic heterocycles. The number of nitrogens with zero attached hydrogens (tertiary/aromatic N) is 3. The standard InChI is InChI=1S/C25H26N4O2.ClH/c1-17-15-24-26-22-12-14-28(13-11-21(22)25(30)29(24)27-17)16-18-7-9-19(10-8-18)20-5-3-4-6-23(20)31-2;/h3-10,15,27H,11-14,16H2,1-2H3;1H. The van der Waals surface area contributed by atoms with Crippen molar-refractivity contribution in [3.63, 3.8) is 0 Å². The van der Waals surface area contributed by atoms with E-state index in [1.54, 1.807) is 11.6 Å². The van der Waals surface area contributed by atoms with Crippen molar-refractivity contribution >= 4 is 18.1 Å². The SMILES string of the molecule is COc1ccccc1-c1ccc(CN2CCc3nc4cc(C)[nH]n4c(=O)c3CC2)cc1.Cl. The molecule has 7 heteroatoms. The van der Waals surface area contributed by atoms with Crippen molar-refractivity contribution in [2.75, 3.05) is 20.2 Å². The summed E-state index contributed by atoms with van der Waals surface area (Å²) in [5.41, 5.74) is 6.98. The van der Waals surface area contributed by atoms with Crippen LogP contribution in [0.5, 0.6) is 5.75 Å².